The molecule has 0 aliphatic carbocycles. The van der Waals surface area contributed by atoms with Gasteiger partial charge in [-0.15, -0.1) is 11.3 Å². The average molecular weight is 254 g/mol. The summed E-state index contributed by atoms with van der Waals surface area (Å²) in [5.74, 6) is 0. The molecule has 1 rings (SSSR count). The quantitative estimate of drug-likeness (QED) is 0.836. The minimum absolute atomic E-state index is 0.160. The van der Waals surface area contributed by atoms with Crippen molar-refractivity contribution in [3.63, 3.8) is 0 Å². The van der Waals surface area contributed by atoms with Gasteiger partial charge in [-0.1, -0.05) is 13.8 Å². The molecule has 0 spiro atoms. The van der Waals surface area contributed by atoms with Crippen LogP contribution in [0.2, 0.25) is 0 Å². The molecular formula is C14H26N2S. The maximum absolute atomic E-state index is 3.65. The molecule has 2 nitrogen and oxygen atoms in total. The SMILES string of the molecule is CCNC(c1ccc(C)s1)C(C)(CC)N(C)C. The number of nitrogens with one attached hydrogen (secondary N) is 1. The Bertz CT molecular complexity index is 346. The standard InChI is InChI=1S/C14H26N2S/c1-7-14(4,16(5)6)13(15-8-2)12-10-9-11(3)17-12/h9-10,13,15H,7-8H2,1-6H3. The molecule has 3 heteroatoms. The molecule has 0 aromatic carbocycles. The molecule has 1 N–H and O–H groups in total. The highest BCUT2D eigenvalue weighted by atomic mass is 32.1. The van der Waals surface area contributed by atoms with Crippen LogP contribution < -0.4 is 5.32 Å². The molecule has 1 aromatic heterocycles. The van der Waals surface area contributed by atoms with Gasteiger partial charge < -0.3 is 10.2 Å². The molecule has 2 unspecified atom stereocenters. The van der Waals surface area contributed by atoms with Crippen LogP contribution in [0.5, 0.6) is 0 Å². The minimum Gasteiger partial charge on any atom is -0.308 e. The second-order valence-corrected chi connectivity index (χ2v) is 6.36. The lowest BCUT2D eigenvalue weighted by Crippen LogP contribution is -2.51. The first-order valence-corrected chi connectivity index (χ1v) is 7.24. The molecule has 98 valence electrons. The van der Waals surface area contributed by atoms with Gasteiger partial charge in [0.2, 0.25) is 0 Å². The smallest absolute Gasteiger partial charge is 0.0598 e. The second-order valence-electron chi connectivity index (χ2n) is 5.04. The van der Waals surface area contributed by atoms with E-state index in [1.807, 2.05) is 11.3 Å². The lowest BCUT2D eigenvalue weighted by molar-refractivity contribution is 0.115. The van der Waals surface area contributed by atoms with Crippen molar-refractivity contribution in [2.75, 3.05) is 20.6 Å². The zero-order valence-corrected chi connectivity index (χ0v) is 12.8. The van der Waals surface area contributed by atoms with Crippen LogP contribution in [0.4, 0.5) is 0 Å². The number of aryl methyl sites for hydroxylation is 1. The Morgan fingerprint density at radius 1 is 1.35 bits per heavy atom. The fourth-order valence-corrected chi connectivity index (χ4v) is 3.32. The van der Waals surface area contributed by atoms with Crippen molar-refractivity contribution in [3.8, 4) is 0 Å². The van der Waals surface area contributed by atoms with Gasteiger partial charge >= 0.3 is 0 Å². The van der Waals surface area contributed by atoms with E-state index in [0.717, 1.165) is 13.0 Å². The van der Waals surface area contributed by atoms with Crippen LogP contribution in [0, 0.1) is 6.92 Å². The Balaban J connectivity index is 3.07. The van der Waals surface area contributed by atoms with Gasteiger partial charge in [-0.2, -0.15) is 0 Å². The van der Waals surface area contributed by atoms with Crippen molar-refractivity contribution in [2.45, 2.75) is 45.7 Å². The zero-order valence-electron chi connectivity index (χ0n) is 12.0. The van der Waals surface area contributed by atoms with Crippen LogP contribution in [-0.4, -0.2) is 31.1 Å². The maximum atomic E-state index is 3.65. The van der Waals surface area contributed by atoms with E-state index in [4.69, 9.17) is 0 Å². The highest BCUT2D eigenvalue weighted by Crippen LogP contribution is 2.35. The molecule has 2 atom stereocenters. The lowest BCUT2D eigenvalue weighted by atomic mass is 9.87. The summed E-state index contributed by atoms with van der Waals surface area (Å²) in [6, 6.07) is 4.90. The van der Waals surface area contributed by atoms with Gasteiger partial charge in [0.05, 0.1) is 6.04 Å². The summed E-state index contributed by atoms with van der Waals surface area (Å²) in [5, 5.41) is 3.65. The molecule has 0 amide bonds. The zero-order chi connectivity index (χ0) is 13.1. The maximum Gasteiger partial charge on any atom is 0.0598 e. The van der Waals surface area contributed by atoms with Crippen molar-refractivity contribution in [1.82, 2.24) is 10.2 Å². The number of thiophene rings is 1. The molecule has 0 aliphatic rings. The first-order chi connectivity index (χ1) is 7.95. The Labute approximate surface area is 110 Å². The second kappa shape index (κ2) is 5.98. The van der Waals surface area contributed by atoms with E-state index in [-0.39, 0.29) is 5.54 Å². The number of rotatable bonds is 6. The largest absolute Gasteiger partial charge is 0.308 e. The van der Waals surface area contributed by atoms with E-state index < -0.39 is 0 Å². The topological polar surface area (TPSA) is 15.3 Å². The van der Waals surface area contributed by atoms with Crippen molar-refractivity contribution in [2.24, 2.45) is 0 Å². The van der Waals surface area contributed by atoms with E-state index in [1.54, 1.807) is 0 Å². The third-order valence-corrected chi connectivity index (χ3v) is 4.88. The van der Waals surface area contributed by atoms with Crippen LogP contribution in [0.15, 0.2) is 12.1 Å². The molecule has 0 saturated carbocycles. The van der Waals surface area contributed by atoms with Crippen molar-refractivity contribution >= 4 is 11.3 Å². The molecular weight excluding hydrogens is 228 g/mol. The molecule has 0 fully saturated rings. The van der Waals surface area contributed by atoms with Crippen molar-refractivity contribution in [1.29, 1.82) is 0 Å². The Hall–Kier alpha value is -0.380. The number of hydrogen-bond acceptors (Lipinski definition) is 3. The van der Waals surface area contributed by atoms with Gasteiger partial charge in [0.25, 0.3) is 0 Å². The van der Waals surface area contributed by atoms with Gasteiger partial charge in [0.15, 0.2) is 0 Å². The van der Waals surface area contributed by atoms with Crippen LogP contribution in [0.1, 0.15) is 43.0 Å². The highest BCUT2D eigenvalue weighted by molar-refractivity contribution is 7.12. The summed E-state index contributed by atoms with van der Waals surface area (Å²) in [7, 11) is 4.35. The molecule has 1 aromatic rings. The highest BCUT2D eigenvalue weighted by Gasteiger charge is 2.35. The van der Waals surface area contributed by atoms with E-state index in [0.29, 0.717) is 6.04 Å². The van der Waals surface area contributed by atoms with Gasteiger partial charge in [0.1, 0.15) is 0 Å². The Morgan fingerprint density at radius 3 is 2.35 bits per heavy atom. The lowest BCUT2D eigenvalue weighted by Gasteiger charge is -2.42. The predicted molar refractivity (Wildman–Crippen MR) is 77.9 cm³/mol. The van der Waals surface area contributed by atoms with Crippen LogP contribution in [0.3, 0.4) is 0 Å². The molecule has 0 bridgehead atoms. The molecule has 0 radical (unpaired) electrons. The van der Waals surface area contributed by atoms with E-state index in [2.05, 4.69) is 64.1 Å². The number of nitrogens with zero attached hydrogens (tertiary/aromatic N) is 1. The molecule has 0 saturated heterocycles. The van der Waals surface area contributed by atoms with Crippen LogP contribution in [-0.2, 0) is 0 Å². The third-order valence-electron chi connectivity index (χ3n) is 3.81. The van der Waals surface area contributed by atoms with Crippen molar-refractivity contribution in [3.05, 3.63) is 21.9 Å². The van der Waals surface area contributed by atoms with E-state index >= 15 is 0 Å². The molecule has 1 heterocycles. The normalized spacial score (nSPS) is 17.1. The summed E-state index contributed by atoms with van der Waals surface area (Å²) in [4.78, 5) is 5.18. The van der Waals surface area contributed by atoms with E-state index in [9.17, 15) is 0 Å². The van der Waals surface area contributed by atoms with Crippen LogP contribution in [0.25, 0.3) is 0 Å². The summed E-state index contributed by atoms with van der Waals surface area (Å²) < 4.78 is 0. The monoisotopic (exact) mass is 254 g/mol. The molecule has 17 heavy (non-hydrogen) atoms. The van der Waals surface area contributed by atoms with Gasteiger partial charge in [-0.3, -0.25) is 0 Å². The summed E-state index contributed by atoms with van der Waals surface area (Å²) in [6.45, 7) is 9.97. The summed E-state index contributed by atoms with van der Waals surface area (Å²) in [6.07, 6.45) is 1.13. The summed E-state index contributed by atoms with van der Waals surface area (Å²) in [5.41, 5.74) is 0.160. The Kier molecular flexibility index (Phi) is 5.17. The van der Waals surface area contributed by atoms with Gasteiger partial charge in [-0.25, -0.2) is 0 Å². The molecule has 0 aliphatic heterocycles. The third kappa shape index (κ3) is 3.09. The first kappa shape index (κ1) is 14.7. The van der Waals surface area contributed by atoms with Crippen LogP contribution >= 0.6 is 11.3 Å². The average Bonchev–Trinajstić information content (AvgIpc) is 2.71. The minimum atomic E-state index is 0.160. The van der Waals surface area contributed by atoms with Crippen molar-refractivity contribution < 1.29 is 0 Å². The predicted octanol–water partition coefficient (Wildman–Crippen LogP) is 3.44. The fraction of sp³-hybridized carbons (Fsp3) is 0.714. The van der Waals surface area contributed by atoms with Gasteiger partial charge in [0, 0.05) is 15.3 Å². The summed E-state index contributed by atoms with van der Waals surface area (Å²) >= 11 is 1.91. The first-order valence-electron chi connectivity index (χ1n) is 6.42. The number of likely N-dealkylation sites (N-methyl/N-ethyl adjacent to an activating group) is 2. The van der Waals surface area contributed by atoms with E-state index in [1.165, 1.54) is 9.75 Å². The fourth-order valence-electron chi connectivity index (χ4n) is 2.22. The Morgan fingerprint density at radius 2 is 2.00 bits per heavy atom. The number of hydrogen-bond donors (Lipinski definition) is 1. The van der Waals surface area contributed by atoms with Gasteiger partial charge in [-0.05, 0) is 53.0 Å².